The standard InChI is InChI=1S/C19H23N3O2.ClH/c1-14(22-19(23)18-9-5-11-21-18)15-6-4-8-17(12-15)24-13-16-7-2-3-10-20-16;/h2-4,6-8,10,12,14,18,21H,5,9,11,13H2,1H3,(H,22,23);1H. The maximum Gasteiger partial charge on any atom is 0.237 e. The summed E-state index contributed by atoms with van der Waals surface area (Å²) in [5, 5.41) is 6.29. The Kier molecular flexibility index (Phi) is 7.22. The number of hydrogen-bond donors (Lipinski definition) is 2. The number of benzene rings is 1. The lowest BCUT2D eigenvalue weighted by Crippen LogP contribution is -2.41. The van der Waals surface area contributed by atoms with Gasteiger partial charge in [0.2, 0.25) is 5.91 Å². The van der Waals surface area contributed by atoms with E-state index in [9.17, 15) is 4.79 Å². The molecular formula is C19H24ClN3O2. The van der Waals surface area contributed by atoms with Crippen molar-refractivity contribution in [2.75, 3.05) is 6.54 Å². The highest BCUT2D eigenvalue weighted by atomic mass is 35.5. The van der Waals surface area contributed by atoms with E-state index < -0.39 is 0 Å². The molecule has 2 heterocycles. The van der Waals surface area contributed by atoms with Crippen LogP contribution in [0.4, 0.5) is 0 Å². The number of amides is 1. The summed E-state index contributed by atoms with van der Waals surface area (Å²) in [5.41, 5.74) is 1.91. The molecular weight excluding hydrogens is 338 g/mol. The molecule has 2 unspecified atom stereocenters. The molecule has 2 aromatic rings. The van der Waals surface area contributed by atoms with Gasteiger partial charge < -0.3 is 15.4 Å². The van der Waals surface area contributed by atoms with Crippen LogP contribution in [0.2, 0.25) is 0 Å². The number of ether oxygens (including phenoxy) is 1. The van der Waals surface area contributed by atoms with E-state index in [0.29, 0.717) is 6.61 Å². The van der Waals surface area contributed by atoms with Crippen molar-refractivity contribution >= 4 is 18.3 Å². The van der Waals surface area contributed by atoms with Crippen LogP contribution in [0, 0.1) is 0 Å². The Labute approximate surface area is 154 Å². The van der Waals surface area contributed by atoms with Crippen LogP contribution in [0.1, 0.15) is 37.1 Å². The molecule has 1 fully saturated rings. The van der Waals surface area contributed by atoms with Crippen LogP contribution < -0.4 is 15.4 Å². The molecule has 5 nitrogen and oxygen atoms in total. The number of nitrogens with zero attached hydrogens (tertiary/aromatic N) is 1. The van der Waals surface area contributed by atoms with Gasteiger partial charge in [-0.15, -0.1) is 12.4 Å². The summed E-state index contributed by atoms with van der Waals surface area (Å²) >= 11 is 0. The van der Waals surface area contributed by atoms with Crippen molar-refractivity contribution < 1.29 is 9.53 Å². The van der Waals surface area contributed by atoms with Crippen molar-refractivity contribution in [3.63, 3.8) is 0 Å². The Morgan fingerprint density at radius 3 is 2.96 bits per heavy atom. The van der Waals surface area contributed by atoms with Gasteiger partial charge in [-0.25, -0.2) is 0 Å². The fraction of sp³-hybridized carbons (Fsp3) is 0.368. The lowest BCUT2D eigenvalue weighted by atomic mass is 10.1. The molecule has 0 radical (unpaired) electrons. The molecule has 3 rings (SSSR count). The second-order valence-electron chi connectivity index (χ2n) is 6.06. The molecule has 0 saturated carbocycles. The van der Waals surface area contributed by atoms with Gasteiger partial charge in [-0.3, -0.25) is 9.78 Å². The minimum absolute atomic E-state index is 0. The predicted molar refractivity (Wildman–Crippen MR) is 99.8 cm³/mol. The molecule has 134 valence electrons. The second-order valence-corrected chi connectivity index (χ2v) is 6.06. The van der Waals surface area contributed by atoms with Gasteiger partial charge in [0, 0.05) is 6.20 Å². The number of rotatable bonds is 6. The SMILES string of the molecule is CC(NC(=O)C1CCCN1)c1cccc(OCc2ccccn2)c1.Cl. The molecule has 0 bridgehead atoms. The third kappa shape index (κ3) is 5.44. The van der Waals surface area contributed by atoms with Crippen molar-refractivity contribution in [3.8, 4) is 5.75 Å². The van der Waals surface area contributed by atoms with Gasteiger partial charge in [0.15, 0.2) is 0 Å². The van der Waals surface area contributed by atoms with E-state index in [1.54, 1.807) is 6.20 Å². The lowest BCUT2D eigenvalue weighted by molar-refractivity contribution is -0.123. The van der Waals surface area contributed by atoms with Gasteiger partial charge in [0.05, 0.1) is 17.8 Å². The Bertz CT molecular complexity index is 675. The van der Waals surface area contributed by atoms with Crippen LogP contribution in [0.15, 0.2) is 48.7 Å². The lowest BCUT2D eigenvalue weighted by Gasteiger charge is -2.18. The molecule has 0 spiro atoms. The van der Waals surface area contributed by atoms with Gasteiger partial charge in [-0.05, 0) is 56.1 Å². The molecule has 2 atom stereocenters. The molecule has 1 aromatic carbocycles. The van der Waals surface area contributed by atoms with Crippen molar-refractivity contribution in [2.24, 2.45) is 0 Å². The zero-order valence-electron chi connectivity index (χ0n) is 14.3. The molecule has 1 aliphatic rings. The van der Waals surface area contributed by atoms with Crippen LogP contribution in [0.25, 0.3) is 0 Å². The maximum atomic E-state index is 12.2. The first-order valence-corrected chi connectivity index (χ1v) is 8.39. The fourth-order valence-electron chi connectivity index (χ4n) is 2.82. The quantitative estimate of drug-likeness (QED) is 0.830. The van der Waals surface area contributed by atoms with Crippen molar-refractivity contribution in [2.45, 2.75) is 38.5 Å². The molecule has 2 N–H and O–H groups in total. The third-order valence-corrected chi connectivity index (χ3v) is 4.21. The first-order chi connectivity index (χ1) is 11.7. The van der Waals surface area contributed by atoms with Crippen LogP contribution in [-0.4, -0.2) is 23.5 Å². The smallest absolute Gasteiger partial charge is 0.237 e. The number of halogens is 1. The summed E-state index contributed by atoms with van der Waals surface area (Å²) in [6.07, 6.45) is 3.72. The topological polar surface area (TPSA) is 63.2 Å². The van der Waals surface area contributed by atoms with Crippen molar-refractivity contribution in [1.29, 1.82) is 0 Å². The summed E-state index contributed by atoms with van der Waals surface area (Å²) in [7, 11) is 0. The predicted octanol–water partition coefficient (Wildman–Crippen LogP) is 3.01. The second kappa shape index (κ2) is 9.39. The summed E-state index contributed by atoms with van der Waals surface area (Å²) in [6, 6.07) is 13.5. The van der Waals surface area contributed by atoms with Crippen LogP contribution in [-0.2, 0) is 11.4 Å². The number of carbonyl (C=O) groups excluding carboxylic acids is 1. The zero-order valence-corrected chi connectivity index (χ0v) is 15.1. The number of carbonyl (C=O) groups is 1. The Morgan fingerprint density at radius 1 is 1.36 bits per heavy atom. The van der Waals surface area contributed by atoms with E-state index >= 15 is 0 Å². The first kappa shape index (κ1) is 19.2. The third-order valence-electron chi connectivity index (χ3n) is 4.21. The highest BCUT2D eigenvalue weighted by molar-refractivity contribution is 5.85. The molecule has 1 aromatic heterocycles. The first-order valence-electron chi connectivity index (χ1n) is 8.39. The van der Waals surface area contributed by atoms with Gasteiger partial charge in [-0.2, -0.15) is 0 Å². The minimum atomic E-state index is -0.0592. The van der Waals surface area contributed by atoms with Gasteiger partial charge in [0.25, 0.3) is 0 Å². The van der Waals surface area contributed by atoms with Gasteiger partial charge in [0.1, 0.15) is 12.4 Å². The Morgan fingerprint density at radius 2 is 2.24 bits per heavy atom. The molecule has 1 saturated heterocycles. The van der Waals surface area contributed by atoms with Gasteiger partial charge in [-0.1, -0.05) is 18.2 Å². The van der Waals surface area contributed by atoms with E-state index in [0.717, 1.165) is 36.4 Å². The van der Waals surface area contributed by atoms with E-state index in [4.69, 9.17) is 4.74 Å². The fourth-order valence-corrected chi connectivity index (χ4v) is 2.82. The summed E-state index contributed by atoms with van der Waals surface area (Å²) in [4.78, 5) is 16.5. The summed E-state index contributed by atoms with van der Waals surface area (Å²) in [6.45, 7) is 3.34. The van der Waals surface area contributed by atoms with Crippen molar-refractivity contribution in [3.05, 3.63) is 59.9 Å². The highest BCUT2D eigenvalue weighted by Gasteiger charge is 2.23. The largest absolute Gasteiger partial charge is 0.487 e. The monoisotopic (exact) mass is 361 g/mol. The number of nitrogens with one attached hydrogen (secondary N) is 2. The van der Waals surface area contributed by atoms with E-state index in [2.05, 4.69) is 15.6 Å². The van der Waals surface area contributed by atoms with Crippen LogP contribution in [0.3, 0.4) is 0 Å². The molecule has 25 heavy (non-hydrogen) atoms. The van der Waals surface area contributed by atoms with E-state index in [1.165, 1.54) is 0 Å². The molecule has 0 aliphatic carbocycles. The van der Waals surface area contributed by atoms with E-state index in [-0.39, 0.29) is 30.4 Å². The molecule has 6 heteroatoms. The highest BCUT2D eigenvalue weighted by Crippen LogP contribution is 2.20. The number of hydrogen-bond acceptors (Lipinski definition) is 4. The number of pyridine rings is 1. The maximum absolute atomic E-state index is 12.2. The van der Waals surface area contributed by atoms with Crippen LogP contribution >= 0.6 is 12.4 Å². The van der Waals surface area contributed by atoms with Crippen LogP contribution in [0.5, 0.6) is 5.75 Å². The van der Waals surface area contributed by atoms with Gasteiger partial charge >= 0.3 is 0 Å². The zero-order chi connectivity index (χ0) is 16.8. The van der Waals surface area contributed by atoms with E-state index in [1.807, 2.05) is 49.4 Å². The normalized spacial score (nSPS) is 17.4. The number of aromatic nitrogens is 1. The molecule has 1 aliphatic heterocycles. The summed E-state index contributed by atoms with van der Waals surface area (Å²) in [5.74, 6) is 0.845. The average molecular weight is 362 g/mol. The Hall–Kier alpha value is -2.11. The summed E-state index contributed by atoms with van der Waals surface area (Å²) < 4.78 is 5.80. The van der Waals surface area contributed by atoms with Crippen molar-refractivity contribution in [1.82, 2.24) is 15.6 Å². The average Bonchev–Trinajstić information content (AvgIpc) is 3.16. The minimum Gasteiger partial charge on any atom is -0.487 e. The molecule has 1 amide bonds. The Balaban J connectivity index is 0.00000225.